The van der Waals surface area contributed by atoms with Crippen LogP contribution in [0.2, 0.25) is 0 Å². The third-order valence-electron chi connectivity index (χ3n) is 6.90. The third kappa shape index (κ3) is 7.89. The molecule has 0 bridgehead atoms. The van der Waals surface area contributed by atoms with E-state index in [0.29, 0.717) is 5.75 Å². The number of carboxylic acid groups (broad SMARTS) is 1. The highest BCUT2D eigenvalue weighted by atomic mass is 19.4. The summed E-state index contributed by atoms with van der Waals surface area (Å²) in [6.45, 7) is 1.61. The van der Waals surface area contributed by atoms with Crippen LogP contribution in [0.1, 0.15) is 11.1 Å². The molecule has 3 heterocycles. The fraction of sp³-hybridized carbons (Fsp3) is 0.118. The van der Waals surface area contributed by atoms with Gasteiger partial charge < -0.3 is 15.5 Å². The van der Waals surface area contributed by atoms with Crippen LogP contribution in [0.25, 0.3) is 44.5 Å². The van der Waals surface area contributed by atoms with Crippen molar-refractivity contribution in [2.75, 3.05) is 6.54 Å². The number of hydrogen-bond acceptors (Lipinski definition) is 6. The molecule has 3 aromatic carbocycles. The molecule has 0 saturated heterocycles. The topological polar surface area (TPSA) is 124 Å². The molecule has 0 fully saturated rings. The number of nitrogens with zero attached hydrogens (tertiary/aromatic N) is 3. The van der Waals surface area contributed by atoms with E-state index in [0.717, 1.165) is 69.6 Å². The number of H-pyrrole nitrogens is 1. The minimum atomic E-state index is -5.08. The van der Waals surface area contributed by atoms with Gasteiger partial charge in [0.2, 0.25) is 0 Å². The molecule has 6 aromatic rings. The van der Waals surface area contributed by atoms with Crippen molar-refractivity contribution in [1.29, 1.82) is 0 Å². The van der Waals surface area contributed by atoms with Gasteiger partial charge in [-0.2, -0.15) is 18.3 Å². The van der Waals surface area contributed by atoms with E-state index in [4.69, 9.17) is 14.9 Å². The molecule has 0 spiro atoms. The Hall–Kier alpha value is -5.55. The van der Waals surface area contributed by atoms with Crippen molar-refractivity contribution < 1.29 is 28.2 Å². The quantitative estimate of drug-likeness (QED) is 0.136. The van der Waals surface area contributed by atoms with Gasteiger partial charge in [-0.15, -0.1) is 0 Å². The molecule has 0 aliphatic carbocycles. The SMILES string of the molecule is O=C(O)C(F)(F)F.Oc1cccc(CCNCc2ccc(-c3nc4ccnc(-c5cn[nH]c5)c4cc3-c3ccccc3)cc2)c1. The van der Waals surface area contributed by atoms with E-state index in [2.05, 4.69) is 75.1 Å². The smallest absolute Gasteiger partial charge is 0.490 e. The molecule has 3 aromatic heterocycles. The number of carbonyl (C=O) groups is 1. The van der Waals surface area contributed by atoms with E-state index in [1.165, 1.54) is 5.56 Å². The van der Waals surface area contributed by atoms with E-state index in [1.54, 1.807) is 18.5 Å². The highest BCUT2D eigenvalue weighted by molar-refractivity contribution is 5.98. The van der Waals surface area contributed by atoms with Crippen molar-refractivity contribution in [2.45, 2.75) is 19.1 Å². The first kappa shape index (κ1) is 30.9. The van der Waals surface area contributed by atoms with Gasteiger partial charge in [0.1, 0.15) is 5.75 Å². The molecular formula is C34H28F3N5O3. The van der Waals surface area contributed by atoms with Gasteiger partial charge in [-0.1, -0.05) is 66.7 Å². The van der Waals surface area contributed by atoms with E-state index in [9.17, 15) is 18.3 Å². The molecule has 8 nitrogen and oxygen atoms in total. The molecule has 0 saturated carbocycles. The number of pyridine rings is 2. The standard InChI is InChI=1S/C32H27N5O.C2HF3O2/c38-27-8-4-5-22(17-27)13-15-33-19-23-9-11-25(12-10-23)32-28(24-6-2-1-3-7-24)18-29-30(37-32)14-16-34-31(29)26-20-35-36-21-26;3-2(4,5)1(6)7/h1-12,14,16-18,20-21,33,38H,13,15,19H2,(H,35,36);(H,6,7). The Labute approximate surface area is 256 Å². The Morgan fingerprint density at radius 3 is 2.27 bits per heavy atom. The van der Waals surface area contributed by atoms with Gasteiger partial charge in [0.15, 0.2) is 0 Å². The summed E-state index contributed by atoms with van der Waals surface area (Å²) < 4.78 is 31.7. The molecule has 0 aliphatic heterocycles. The summed E-state index contributed by atoms with van der Waals surface area (Å²) in [4.78, 5) is 18.7. The normalized spacial score (nSPS) is 11.2. The number of fused-ring (bicyclic) bond motifs is 1. The first-order chi connectivity index (χ1) is 21.7. The maximum absolute atomic E-state index is 10.6. The fourth-order valence-electron chi connectivity index (χ4n) is 4.72. The second kappa shape index (κ2) is 13.8. The number of aliphatic carboxylic acids is 1. The fourth-order valence-corrected chi connectivity index (χ4v) is 4.72. The first-order valence-electron chi connectivity index (χ1n) is 13.9. The van der Waals surface area contributed by atoms with Crippen LogP contribution < -0.4 is 5.32 Å². The predicted molar refractivity (Wildman–Crippen MR) is 165 cm³/mol. The number of aromatic hydroxyl groups is 1. The van der Waals surface area contributed by atoms with Crippen LogP contribution in [-0.2, 0) is 17.8 Å². The van der Waals surface area contributed by atoms with Crippen molar-refractivity contribution in [3.63, 3.8) is 0 Å². The maximum atomic E-state index is 10.6. The number of rotatable bonds is 8. The highest BCUT2D eigenvalue weighted by Gasteiger charge is 2.38. The van der Waals surface area contributed by atoms with E-state index >= 15 is 0 Å². The highest BCUT2D eigenvalue weighted by Crippen LogP contribution is 2.36. The number of phenolic OH excluding ortho intramolecular Hbond substituents is 1. The third-order valence-corrected chi connectivity index (χ3v) is 6.90. The number of aromatic nitrogens is 4. The molecule has 11 heteroatoms. The molecule has 6 rings (SSSR count). The Kier molecular flexibility index (Phi) is 9.49. The number of benzene rings is 3. The number of halogens is 3. The lowest BCUT2D eigenvalue weighted by molar-refractivity contribution is -0.192. The van der Waals surface area contributed by atoms with Crippen molar-refractivity contribution in [3.05, 3.63) is 121 Å². The summed E-state index contributed by atoms with van der Waals surface area (Å²) in [7, 11) is 0. The van der Waals surface area contributed by atoms with Crippen LogP contribution in [0.5, 0.6) is 5.75 Å². The summed E-state index contributed by atoms with van der Waals surface area (Å²) in [5, 5.41) is 28.2. The van der Waals surface area contributed by atoms with E-state index < -0.39 is 12.1 Å². The molecular weight excluding hydrogens is 583 g/mol. The van der Waals surface area contributed by atoms with Crippen LogP contribution in [0.15, 0.2) is 110 Å². The van der Waals surface area contributed by atoms with Gasteiger partial charge in [0.05, 0.1) is 23.1 Å². The Bertz CT molecular complexity index is 1880. The Morgan fingerprint density at radius 1 is 0.844 bits per heavy atom. The minimum absolute atomic E-state index is 0.309. The molecule has 0 amide bonds. The van der Waals surface area contributed by atoms with E-state index in [1.807, 2.05) is 36.5 Å². The molecule has 0 radical (unpaired) electrons. The van der Waals surface area contributed by atoms with Gasteiger partial charge in [0.25, 0.3) is 0 Å². The van der Waals surface area contributed by atoms with E-state index in [-0.39, 0.29) is 0 Å². The van der Waals surface area contributed by atoms with Crippen molar-refractivity contribution in [1.82, 2.24) is 25.5 Å². The van der Waals surface area contributed by atoms with Crippen LogP contribution in [-0.4, -0.2) is 49.1 Å². The second-order valence-electron chi connectivity index (χ2n) is 10.1. The average molecular weight is 612 g/mol. The zero-order valence-corrected chi connectivity index (χ0v) is 23.8. The lowest BCUT2D eigenvalue weighted by Crippen LogP contribution is -2.21. The van der Waals surface area contributed by atoms with Crippen LogP contribution in [0.3, 0.4) is 0 Å². The minimum Gasteiger partial charge on any atom is -0.508 e. The predicted octanol–water partition coefficient (Wildman–Crippen LogP) is 7.03. The van der Waals surface area contributed by atoms with Crippen molar-refractivity contribution >= 4 is 16.9 Å². The number of phenols is 1. The molecule has 4 N–H and O–H groups in total. The van der Waals surface area contributed by atoms with Crippen LogP contribution in [0.4, 0.5) is 13.2 Å². The van der Waals surface area contributed by atoms with Gasteiger partial charge >= 0.3 is 12.1 Å². The number of nitrogens with one attached hydrogen (secondary N) is 2. The molecule has 0 aliphatic rings. The summed E-state index contributed by atoms with van der Waals surface area (Å²) in [5.41, 5.74) is 9.19. The lowest BCUT2D eigenvalue weighted by atomic mass is 9.96. The zero-order valence-electron chi connectivity index (χ0n) is 23.8. The monoisotopic (exact) mass is 611 g/mol. The molecule has 0 atom stereocenters. The van der Waals surface area contributed by atoms with Crippen LogP contribution >= 0.6 is 0 Å². The first-order valence-corrected chi connectivity index (χ1v) is 13.9. The second-order valence-corrected chi connectivity index (χ2v) is 10.1. The summed E-state index contributed by atoms with van der Waals surface area (Å²) >= 11 is 0. The van der Waals surface area contributed by atoms with Gasteiger partial charge in [-0.05, 0) is 53.9 Å². The van der Waals surface area contributed by atoms with Crippen molar-refractivity contribution in [2.24, 2.45) is 0 Å². The number of aromatic amines is 1. The Morgan fingerprint density at radius 2 is 1.60 bits per heavy atom. The average Bonchev–Trinajstić information content (AvgIpc) is 3.58. The number of carboxylic acids is 1. The zero-order chi connectivity index (χ0) is 31.8. The summed E-state index contributed by atoms with van der Waals surface area (Å²) in [6.07, 6.45) is 1.22. The molecule has 0 unspecified atom stereocenters. The summed E-state index contributed by atoms with van der Waals surface area (Å²) in [6, 6.07) is 30.5. The lowest BCUT2D eigenvalue weighted by Gasteiger charge is -2.14. The van der Waals surface area contributed by atoms with Crippen LogP contribution in [0, 0.1) is 0 Å². The largest absolute Gasteiger partial charge is 0.508 e. The summed E-state index contributed by atoms with van der Waals surface area (Å²) in [5.74, 6) is -2.45. The maximum Gasteiger partial charge on any atom is 0.490 e. The Balaban J connectivity index is 0.000000515. The number of alkyl halides is 3. The van der Waals surface area contributed by atoms with Gasteiger partial charge in [-0.3, -0.25) is 10.1 Å². The molecule has 228 valence electrons. The van der Waals surface area contributed by atoms with Gasteiger partial charge in [0, 0.05) is 41.0 Å². The number of hydrogen-bond donors (Lipinski definition) is 4. The molecule has 45 heavy (non-hydrogen) atoms. The van der Waals surface area contributed by atoms with Crippen molar-refractivity contribution in [3.8, 4) is 39.4 Å². The van der Waals surface area contributed by atoms with Gasteiger partial charge in [-0.25, -0.2) is 9.78 Å².